The van der Waals surface area contributed by atoms with Crippen LogP contribution in [0.5, 0.6) is 0 Å². The smallest absolute Gasteiger partial charge is 0.275 e. The largest absolute Gasteiger partial charge is 0.321 e. The summed E-state index contributed by atoms with van der Waals surface area (Å²) in [5.41, 5.74) is 1.19. The number of nitrogens with one attached hydrogen (secondary N) is 1. The Bertz CT molecular complexity index is 665. The van der Waals surface area contributed by atoms with Crippen molar-refractivity contribution in [1.29, 1.82) is 0 Å². The number of aromatic nitrogens is 2. The number of hydrogen-bond acceptors (Lipinski definition) is 3. The number of anilines is 1. The van der Waals surface area contributed by atoms with Crippen molar-refractivity contribution in [1.82, 2.24) is 12.7 Å². The Morgan fingerprint density at radius 2 is 2.10 bits per heavy atom. The van der Waals surface area contributed by atoms with E-state index < -0.39 is 0 Å². The number of halogens is 1. The second-order valence-electron chi connectivity index (χ2n) is 4.50. The monoisotopic (exact) mass is 380 g/mol. The van der Waals surface area contributed by atoms with E-state index >= 15 is 0 Å². The van der Waals surface area contributed by atoms with Crippen LogP contribution in [0.25, 0.3) is 6.08 Å². The van der Waals surface area contributed by atoms with Crippen molar-refractivity contribution in [3.05, 3.63) is 54.2 Å². The summed E-state index contributed by atoms with van der Waals surface area (Å²) >= 11 is 2.22. The summed E-state index contributed by atoms with van der Waals surface area (Å²) < 4.78 is 4.01. The number of imidazole rings is 1. The van der Waals surface area contributed by atoms with Crippen molar-refractivity contribution in [3.63, 3.8) is 0 Å². The third kappa shape index (κ3) is 2.43. The molecule has 1 aromatic heterocycles. The highest BCUT2D eigenvalue weighted by Crippen LogP contribution is 2.26. The van der Waals surface area contributed by atoms with Crippen molar-refractivity contribution in [2.24, 2.45) is 0 Å². The maximum atomic E-state index is 12.2. The molecule has 0 fully saturated rings. The third-order valence-corrected chi connectivity index (χ3v) is 4.28. The minimum atomic E-state index is -0.196. The SMILES string of the molecule is CC1N(I)C=Cc2nc(C(=O)Nc3ccccc3)cn21. The van der Waals surface area contributed by atoms with Crippen LogP contribution in [-0.2, 0) is 0 Å². The number of rotatable bonds is 2. The lowest BCUT2D eigenvalue weighted by molar-refractivity contribution is 0.102. The van der Waals surface area contributed by atoms with E-state index in [0.717, 1.165) is 11.5 Å². The zero-order chi connectivity index (χ0) is 14.1. The molecule has 1 amide bonds. The zero-order valence-electron chi connectivity index (χ0n) is 10.8. The van der Waals surface area contributed by atoms with Gasteiger partial charge in [-0.2, -0.15) is 0 Å². The molecule has 1 aliphatic rings. The van der Waals surface area contributed by atoms with Crippen LogP contribution in [0.4, 0.5) is 5.69 Å². The number of fused-ring (bicyclic) bond motifs is 1. The van der Waals surface area contributed by atoms with Crippen LogP contribution in [-0.4, -0.2) is 18.6 Å². The van der Waals surface area contributed by atoms with Crippen LogP contribution < -0.4 is 5.32 Å². The fourth-order valence-corrected chi connectivity index (χ4v) is 2.47. The van der Waals surface area contributed by atoms with Gasteiger partial charge in [-0.25, -0.2) is 4.98 Å². The van der Waals surface area contributed by atoms with Crippen LogP contribution in [0.1, 0.15) is 29.4 Å². The molecule has 0 bridgehead atoms. The molecule has 0 aliphatic carbocycles. The molecule has 0 saturated heterocycles. The Hall–Kier alpha value is -1.83. The first-order valence-corrected chi connectivity index (χ1v) is 7.19. The van der Waals surface area contributed by atoms with Gasteiger partial charge in [0.2, 0.25) is 0 Å². The van der Waals surface area contributed by atoms with Crippen LogP contribution in [0.15, 0.2) is 42.7 Å². The molecule has 1 N–H and O–H groups in total. The van der Waals surface area contributed by atoms with Crippen LogP contribution >= 0.6 is 22.9 Å². The fourth-order valence-electron chi connectivity index (χ4n) is 2.04. The average molecular weight is 380 g/mol. The number of amides is 1. The standard InChI is InChI=1S/C14H13IN4O/c1-10-18-9-12(17-13(18)7-8-19(10)15)14(20)16-11-5-3-2-4-6-11/h2-10H,1H3,(H,16,20). The van der Waals surface area contributed by atoms with Crippen LogP contribution in [0.3, 0.4) is 0 Å². The molecule has 20 heavy (non-hydrogen) atoms. The Balaban J connectivity index is 1.84. The number of carbonyl (C=O) groups excluding carboxylic acids is 1. The van der Waals surface area contributed by atoms with Crippen LogP contribution in [0.2, 0.25) is 0 Å². The molecular formula is C14H13IN4O. The highest BCUT2D eigenvalue weighted by Gasteiger charge is 2.21. The lowest BCUT2D eigenvalue weighted by atomic mass is 10.3. The first-order chi connectivity index (χ1) is 9.65. The van der Waals surface area contributed by atoms with Crippen molar-refractivity contribution in [2.75, 3.05) is 5.32 Å². The minimum Gasteiger partial charge on any atom is -0.321 e. The van der Waals surface area contributed by atoms with Gasteiger partial charge in [-0.15, -0.1) is 0 Å². The molecule has 1 aliphatic heterocycles. The molecule has 102 valence electrons. The summed E-state index contributed by atoms with van der Waals surface area (Å²) in [5.74, 6) is 0.599. The van der Waals surface area contributed by atoms with Gasteiger partial charge in [0.15, 0.2) is 0 Å². The second-order valence-corrected chi connectivity index (χ2v) is 5.62. The van der Waals surface area contributed by atoms with Gasteiger partial charge in [0.05, 0.1) is 22.9 Å². The molecule has 0 radical (unpaired) electrons. The predicted octanol–water partition coefficient (Wildman–Crippen LogP) is 3.29. The summed E-state index contributed by atoms with van der Waals surface area (Å²) in [6.07, 6.45) is 5.77. The summed E-state index contributed by atoms with van der Waals surface area (Å²) in [6.45, 7) is 2.06. The Kier molecular flexibility index (Phi) is 3.47. The lowest BCUT2D eigenvalue weighted by Gasteiger charge is -2.26. The maximum absolute atomic E-state index is 12.2. The van der Waals surface area contributed by atoms with Gasteiger partial charge in [0.25, 0.3) is 5.91 Å². The van der Waals surface area contributed by atoms with E-state index in [9.17, 15) is 4.79 Å². The third-order valence-electron chi connectivity index (χ3n) is 3.15. The van der Waals surface area contributed by atoms with Gasteiger partial charge in [0, 0.05) is 18.1 Å². The average Bonchev–Trinajstić information content (AvgIpc) is 2.89. The topological polar surface area (TPSA) is 50.2 Å². The molecule has 2 heterocycles. The van der Waals surface area contributed by atoms with Crippen molar-refractivity contribution >= 4 is 40.5 Å². The normalized spacial score (nSPS) is 16.9. The quantitative estimate of drug-likeness (QED) is 0.643. The van der Waals surface area contributed by atoms with E-state index in [1.807, 2.05) is 50.3 Å². The molecule has 5 nitrogen and oxygen atoms in total. The van der Waals surface area contributed by atoms with Gasteiger partial charge in [-0.3, -0.25) is 7.91 Å². The fraction of sp³-hybridized carbons (Fsp3) is 0.143. The van der Waals surface area contributed by atoms with E-state index in [1.54, 1.807) is 6.20 Å². The van der Waals surface area contributed by atoms with E-state index in [2.05, 4.69) is 40.1 Å². The summed E-state index contributed by atoms with van der Waals surface area (Å²) in [5, 5.41) is 2.84. The van der Waals surface area contributed by atoms with Crippen molar-refractivity contribution < 1.29 is 4.79 Å². The van der Waals surface area contributed by atoms with E-state index in [4.69, 9.17) is 0 Å². The molecule has 2 aromatic rings. The predicted molar refractivity (Wildman–Crippen MR) is 86.2 cm³/mol. The number of hydrogen-bond donors (Lipinski definition) is 1. The first-order valence-electron chi connectivity index (χ1n) is 6.23. The first kappa shape index (κ1) is 13.2. The van der Waals surface area contributed by atoms with Crippen LogP contribution in [0, 0.1) is 0 Å². The number of nitrogens with zero attached hydrogens (tertiary/aromatic N) is 3. The molecule has 0 saturated carbocycles. The summed E-state index contributed by atoms with van der Waals surface area (Å²) in [4.78, 5) is 16.6. The van der Waals surface area contributed by atoms with Gasteiger partial charge in [-0.05, 0) is 25.1 Å². The molecule has 3 rings (SSSR count). The Morgan fingerprint density at radius 3 is 2.85 bits per heavy atom. The highest BCUT2D eigenvalue weighted by molar-refractivity contribution is 14.1. The highest BCUT2D eigenvalue weighted by atomic mass is 127. The van der Waals surface area contributed by atoms with Crippen molar-refractivity contribution in [2.45, 2.75) is 13.1 Å². The van der Waals surface area contributed by atoms with E-state index in [-0.39, 0.29) is 12.1 Å². The van der Waals surface area contributed by atoms with Gasteiger partial charge in [-0.1, -0.05) is 18.2 Å². The Morgan fingerprint density at radius 1 is 1.35 bits per heavy atom. The Labute approximate surface area is 130 Å². The lowest BCUT2D eigenvalue weighted by Crippen LogP contribution is -2.20. The maximum Gasteiger partial charge on any atom is 0.275 e. The molecule has 0 spiro atoms. The van der Waals surface area contributed by atoms with E-state index in [1.165, 1.54) is 0 Å². The summed E-state index contributed by atoms with van der Waals surface area (Å²) in [7, 11) is 0. The second kappa shape index (κ2) is 5.28. The molecule has 6 heteroatoms. The van der Waals surface area contributed by atoms with Gasteiger partial charge < -0.3 is 9.88 Å². The molecular weight excluding hydrogens is 367 g/mol. The molecule has 1 atom stereocenters. The zero-order valence-corrected chi connectivity index (χ0v) is 13.0. The van der Waals surface area contributed by atoms with Crippen molar-refractivity contribution in [3.8, 4) is 0 Å². The minimum absolute atomic E-state index is 0.140. The number of benzene rings is 1. The van der Waals surface area contributed by atoms with Gasteiger partial charge in [0.1, 0.15) is 17.7 Å². The summed E-state index contributed by atoms with van der Waals surface area (Å²) in [6, 6.07) is 9.37. The number of carbonyl (C=O) groups is 1. The molecule has 1 unspecified atom stereocenters. The molecule has 1 aromatic carbocycles. The van der Waals surface area contributed by atoms with Gasteiger partial charge >= 0.3 is 0 Å². The van der Waals surface area contributed by atoms with E-state index in [0.29, 0.717) is 5.69 Å². The number of para-hydroxylation sites is 1.